The molecule has 6 rings (SSSR count). The van der Waals surface area contributed by atoms with Crippen LogP contribution in [0, 0.1) is 16.7 Å². The second-order valence-electron chi connectivity index (χ2n) is 9.30. The van der Waals surface area contributed by atoms with Gasteiger partial charge in [-0.15, -0.1) is 0 Å². The molecule has 1 amide bonds. The van der Waals surface area contributed by atoms with Crippen molar-refractivity contribution < 1.29 is 4.79 Å². The summed E-state index contributed by atoms with van der Waals surface area (Å²) in [7, 11) is 0. The highest BCUT2D eigenvalue weighted by molar-refractivity contribution is 5.85. The summed E-state index contributed by atoms with van der Waals surface area (Å²) in [6.45, 7) is 6.13. The maximum Gasteiger partial charge on any atom is 0.241 e. The lowest BCUT2D eigenvalue weighted by atomic mass is 9.63. The van der Waals surface area contributed by atoms with Crippen LogP contribution in [-0.2, 0) is 10.2 Å². The van der Waals surface area contributed by atoms with E-state index in [2.05, 4.69) is 53.0 Å². The summed E-state index contributed by atoms with van der Waals surface area (Å²) in [6.07, 6.45) is 5.81. The Morgan fingerprint density at radius 2 is 1.88 bits per heavy atom. The molecule has 1 aromatic rings. The summed E-state index contributed by atoms with van der Waals surface area (Å²) < 4.78 is 0. The van der Waals surface area contributed by atoms with Crippen molar-refractivity contribution in [1.29, 1.82) is 0 Å². The maximum absolute atomic E-state index is 13.5. The summed E-state index contributed by atoms with van der Waals surface area (Å²) in [5.74, 6) is 1.01. The van der Waals surface area contributed by atoms with Gasteiger partial charge in [-0.3, -0.25) is 10.2 Å². The van der Waals surface area contributed by atoms with Gasteiger partial charge in [-0.05, 0) is 54.4 Å². The first-order valence-electron chi connectivity index (χ1n) is 9.88. The van der Waals surface area contributed by atoms with Gasteiger partial charge in [0, 0.05) is 26.2 Å². The van der Waals surface area contributed by atoms with Crippen molar-refractivity contribution in [1.82, 2.24) is 15.8 Å². The predicted octanol–water partition coefficient (Wildman–Crippen LogP) is 2.46. The summed E-state index contributed by atoms with van der Waals surface area (Å²) in [4.78, 5) is 13.5. The smallest absolute Gasteiger partial charge is 0.241 e. The highest BCUT2D eigenvalue weighted by Crippen LogP contribution is 2.76. The second kappa shape index (κ2) is 5.31. The number of carbonyl (C=O) groups is 1. The van der Waals surface area contributed by atoms with Crippen molar-refractivity contribution in [2.24, 2.45) is 16.7 Å². The minimum Gasteiger partial charge on any atom is -0.314 e. The molecule has 0 spiro atoms. The van der Waals surface area contributed by atoms with Gasteiger partial charge in [-0.1, -0.05) is 37.3 Å². The monoisotopic (exact) mass is 339 g/mol. The average Bonchev–Trinajstić information content (AvgIpc) is 2.94. The molecular formula is C21H29N3O. The van der Waals surface area contributed by atoms with Gasteiger partial charge in [0.25, 0.3) is 0 Å². The molecule has 4 saturated carbocycles. The van der Waals surface area contributed by atoms with Crippen LogP contribution in [0.25, 0.3) is 0 Å². The van der Waals surface area contributed by atoms with Crippen LogP contribution in [0.4, 0.5) is 0 Å². The van der Waals surface area contributed by atoms with E-state index >= 15 is 0 Å². The molecule has 4 atom stereocenters. The van der Waals surface area contributed by atoms with Gasteiger partial charge in [0.1, 0.15) is 0 Å². The lowest BCUT2D eigenvalue weighted by molar-refractivity contribution is -0.141. The third kappa shape index (κ3) is 2.16. The zero-order valence-corrected chi connectivity index (χ0v) is 15.2. The number of hydrogen-bond acceptors (Lipinski definition) is 3. The number of amides is 1. The van der Waals surface area contributed by atoms with Crippen molar-refractivity contribution in [3.63, 3.8) is 0 Å². The molecule has 4 bridgehead atoms. The second-order valence-corrected chi connectivity index (χ2v) is 9.30. The normalized spacial score (nSPS) is 42.7. The van der Waals surface area contributed by atoms with E-state index in [-0.39, 0.29) is 16.2 Å². The molecule has 1 aromatic carbocycles. The molecular weight excluding hydrogens is 310 g/mol. The SMILES string of the molecule is C[C@]12CC3CC1(C(=O)NN1CCNCC1)C[C@@](c1ccccc1)(C3)C2. The van der Waals surface area contributed by atoms with E-state index in [9.17, 15) is 4.79 Å². The van der Waals surface area contributed by atoms with Crippen LogP contribution in [0.15, 0.2) is 30.3 Å². The van der Waals surface area contributed by atoms with Gasteiger partial charge in [-0.2, -0.15) is 0 Å². The molecule has 5 fully saturated rings. The molecule has 2 unspecified atom stereocenters. The van der Waals surface area contributed by atoms with Crippen molar-refractivity contribution in [2.75, 3.05) is 26.2 Å². The van der Waals surface area contributed by atoms with Crippen molar-refractivity contribution in [3.8, 4) is 0 Å². The number of carbonyl (C=O) groups excluding carboxylic acids is 1. The lowest BCUT2D eigenvalue weighted by Crippen LogP contribution is -2.57. The Morgan fingerprint density at radius 1 is 1.12 bits per heavy atom. The Morgan fingerprint density at radius 3 is 2.64 bits per heavy atom. The molecule has 4 nitrogen and oxygen atoms in total. The molecule has 2 N–H and O–H groups in total. The van der Waals surface area contributed by atoms with E-state index in [1.54, 1.807) is 0 Å². The maximum atomic E-state index is 13.5. The molecule has 1 aliphatic heterocycles. The van der Waals surface area contributed by atoms with Crippen molar-refractivity contribution >= 4 is 5.91 Å². The van der Waals surface area contributed by atoms with E-state index in [4.69, 9.17) is 0 Å². The third-order valence-electron chi connectivity index (χ3n) is 7.78. The van der Waals surface area contributed by atoms with Gasteiger partial charge in [0.05, 0.1) is 5.41 Å². The molecule has 0 aromatic heterocycles. The Bertz CT molecular complexity index is 686. The van der Waals surface area contributed by atoms with Gasteiger partial charge in [-0.25, -0.2) is 5.01 Å². The molecule has 4 heteroatoms. The largest absolute Gasteiger partial charge is 0.314 e. The topological polar surface area (TPSA) is 44.4 Å². The fraction of sp³-hybridized carbons (Fsp3) is 0.667. The van der Waals surface area contributed by atoms with Crippen LogP contribution in [0.5, 0.6) is 0 Å². The van der Waals surface area contributed by atoms with E-state index in [0.717, 1.165) is 39.0 Å². The molecule has 5 aliphatic rings. The summed E-state index contributed by atoms with van der Waals surface area (Å²) in [5.41, 5.74) is 4.98. The van der Waals surface area contributed by atoms with Crippen LogP contribution >= 0.6 is 0 Å². The molecule has 134 valence electrons. The summed E-state index contributed by atoms with van der Waals surface area (Å²) >= 11 is 0. The molecule has 1 saturated heterocycles. The van der Waals surface area contributed by atoms with Gasteiger partial charge in [0.2, 0.25) is 5.91 Å². The average molecular weight is 339 g/mol. The minimum absolute atomic E-state index is 0.157. The third-order valence-corrected chi connectivity index (χ3v) is 7.78. The van der Waals surface area contributed by atoms with Crippen LogP contribution in [0.3, 0.4) is 0 Å². The number of rotatable bonds is 3. The highest BCUT2D eigenvalue weighted by Gasteiger charge is 2.72. The molecule has 1 heterocycles. The number of hydrogen-bond donors (Lipinski definition) is 2. The number of nitrogens with one attached hydrogen (secondary N) is 2. The zero-order chi connectivity index (χ0) is 17.1. The Labute approximate surface area is 150 Å². The van der Waals surface area contributed by atoms with Gasteiger partial charge in [0.15, 0.2) is 0 Å². The van der Waals surface area contributed by atoms with E-state index in [1.807, 2.05) is 0 Å². The number of piperazine rings is 1. The first-order chi connectivity index (χ1) is 12.1. The summed E-state index contributed by atoms with van der Waals surface area (Å²) in [5, 5.41) is 5.49. The van der Waals surface area contributed by atoms with Crippen LogP contribution < -0.4 is 10.7 Å². The van der Waals surface area contributed by atoms with Crippen LogP contribution in [0.1, 0.15) is 44.6 Å². The molecule has 0 radical (unpaired) electrons. The number of benzene rings is 1. The highest BCUT2D eigenvalue weighted by atomic mass is 16.2. The van der Waals surface area contributed by atoms with E-state index in [0.29, 0.717) is 11.8 Å². The van der Waals surface area contributed by atoms with Crippen molar-refractivity contribution in [2.45, 2.75) is 44.4 Å². The predicted molar refractivity (Wildman–Crippen MR) is 97.8 cm³/mol. The fourth-order valence-electron chi connectivity index (χ4n) is 6.99. The van der Waals surface area contributed by atoms with Crippen molar-refractivity contribution in [3.05, 3.63) is 35.9 Å². The van der Waals surface area contributed by atoms with E-state index < -0.39 is 0 Å². The van der Waals surface area contributed by atoms with E-state index in [1.165, 1.54) is 24.8 Å². The Hall–Kier alpha value is -1.39. The Balaban J connectivity index is 1.46. The standard InChI is InChI=1S/C21H29N3O/c1-19-11-16-12-20(14-19,17-5-3-2-4-6-17)15-21(19,13-16)18(25)23-24-9-7-22-8-10-24/h2-6,16,22H,7-15H2,1H3,(H,23,25)/t16?,19-,20-,21?/m1/s1. The zero-order valence-electron chi connectivity index (χ0n) is 15.2. The minimum atomic E-state index is -0.170. The Kier molecular flexibility index (Phi) is 3.36. The van der Waals surface area contributed by atoms with Crippen LogP contribution in [-0.4, -0.2) is 37.1 Å². The molecule has 25 heavy (non-hydrogen) atoms. The first kappa shape index (κ1) is 15.8. The van der Waals surface area contributed by atoms with Gasteiger partial charge < -0.3 is 5.32 Å². The molecule has 4 aliphatic carbocycles. The van der Waals surface area contributed by atoms with Crippen LogP contribution in [0.2, 0.25) is 0 Å². The number of hydrazine groups is 1. The quantitative estimate of drug-likeness (QED) is 0.889. The summed E-state index contributed by atoms with van der Waals surface area (Å²) in [6, 6.07) is 11.0. The lowest BCUT2D eigenvalue weighted by Gasteiger charge is -2.41. The fourth-order valence-corrected chi connectivity index (χ4v) is 6.99. The number of nitrogens with zero attached hydrogens (tertiary/aromatic N) is 1. The first-order valence-corrected chi connectivity index (χ1v) is 9.88. The van der Waals surface area contributed by atoms with Gasteiger partial charge >= 0.3 is 0 Å².